The highest BCUT2D eigenvalue weighted by Crippen LogP contribution is 2.18. The first-order chi connectivity index (χ1) is 12.8. The first kappa shape index (κ1) is 20.3. The van der Waals surface area contributed by atoms with E-state index in [0.29, 0.717) is 13.0 Å². The number of carbonyl (C=O) groups excluding carboxylic acids is 2. The SMILES string of the molecule is CC(C)(C)OC(=O)NC(C#Cc1ccccc1)CC(=O)N1CCC[C@H]1C#N. The molecule has 2 atom stereocenters. The quantitative estimate of drug-likeness (QED) is 0.833. The molecule has 0 bridgehead atoms. The normalized spacial score (nSPS) is 17.3. The van der Waals surface area contributed by atoms with Gasteiger partial charge in [0.25, 0.3) is 0 Å². The van der Waals surface area contributed by atoms with Crippen molar-refractivity contribution in [2.45, 2.75) is 57.7 Å². The fourth-order valence-corrected chi connectivity index (χ4v) is 2.77. The molecule has 1 N–H and O–H groups in total. The van der Waals surface area contributed by atoms with Crippen LogP contribution in [0.25, 0.3) is 0 Å². The highest BCUT2D eigenvalue weighted by Gasteiger charge is 2.30. The molecule has 6 heteroatoms. The van der Waals surface area contributed by atoms with Crippen LogP contribution in [0.15, 0.2) is 30.3 Å². The Kier molecular flexibility index (Phi) is 6.85. The minimum absolute atomic E-state index is 0.00272. The molecule has 142 valence electrons. The van der Waals surface area contributed by atoms with Crippen LogP contribution in [-0.4, -0.2) is 41.1 Å². The number of ether oxygens (including phenoxy) is 1. The van der Waals surface area contributed by atoms with E-state index >= 15 is 0 Å². The molecule has 1 aliphatic heterocycles. The van der Waals surface area contributed by atoms with Gasteiger partial charge in [0.2, 0.25) is 5.91 Å². The lowest BCUT2D eigenvalue weighted by molar-refractivity contribution is -0.131. The van der Waals surface area contributed by atoms with Gasteiger partial charge in [-0.25, -0.2) is 4.79 Å². The van der Waals surface area contributed by atoms with Crippen LogP contribution in [-0.2, 0) is 9.53 Å². The van der Waals surface area contributed by atoms with Crippen LogP contribution < -0.4 is 5.32 Å². The first-order valence-corrected chi connectivity index (χ1v) is 9.03. The average Bonchev–Trinajstić information content (AvgIpc) is 3.07. The molecule has 0 aliphatic carbocycles. The van der Waals surface area contributed by atoms with Crippen LogP contribution in [0.1, 0.15) is 45.6 Å². The van der Waals surface area contributed by atoms with Crippen molar-refractivity contribution in [3.8, 4) is 17.9 Å². The Labute approximate surface area is 160 Å². The monoisotopic (exact) mass is 367 g/mol. The molecule has 1 aliphatic rings. The van der Waals surface area contributed by atoms with Crippen molar-refractivity contribution < 1.29 is 14.3 Å². The Morgan fingerprint density at radius 2 is 2.04 bits per heavy atom. The predicted octanol–water partition coefficient (Wildman–Crippen LogP) is 2.84. The largest absolute Gasteiger partial charge is 0.444 e. The summed E-state index contributed by atoms with van der Waals surface area (Å²) >= 11 is 0. The maximum Gasteiger partial charge on any atom is 0.408 e. The van der Waals surface area contributed by atoms with Crippen molar-refractivity contribution in [3.63, 3.8) is 0 Å². The van der Waals surface area contributed by atoms with Gasteiger partial charge in [0.15, 0.2) is 0 Å². The lowest BCUT2D eigenvalue weighted by Crippen LogP contribution is -2.43. The predicted molar refractivity (Wildman–Crippen MR) is 101 cm³/mol. The number of hydrogen-bond donors (Lipinski definition) is 1. The second-order valence-electron chi connectivity index (χ2n) is 7.41. The van der Waals surface area contributed by atoms with Crippen LogP contribution in [0.4, 0.5) is 4.79 Å². The summed E-state index contributed by atoms with van der Waals surface area (Å²) in [7, 11) is 0. The Bertz CT molecular complexity index is 766. The lowest BCUT2D eigenvalue weighted by Gasteiger charge is -2.23. The number of nitrogens with zero attached hydrogens (tertiary/aromatic N) is 2. The molecule has 0 aromatic heterocycles. The van der Waals surface area contributed by atoms with Crippen LogP contribution in [0.2, 0.25) is 0 Å². The molecule has 2 amide bonds. The van der Waals surface area contributed by atoms with Crippen molar-refractivity contribution in [2.24, 2.45) is 0 Å². The molecule has 27 heavy (non-hydrogen) atoms. The number of alkyl carbamates (subject to hydrolysis) is 1. The van der Waals surface area contributed by atoms with Crippen molar-refractivity contribution >= 4 is 12.0 Å². The maximum atomic E-state index is 12.6. The zero-order valence-electron chi connectivity index (χ0n) is 16.0. The van der Waals surface area contributed by atoms with Gasteiger partial charge in [-0.2, -0.15) is 5.26 Å². The number of likely N-dealkylation sites (tertiary alicyclic amines) is 1. The maximum absolute atomic E-state index is 12.6. The minimum atomic E-state index is -0.701. The number of rotatable bonds is 3. The van der Waals surface area contributed by atoms with E-state index in [1.165, 1.54) is 0 Å². The molecule has 0 saturated carbocycles. The molecule has 1 heterocycles. The third-order valence-electron chi connectivity index (χ3n) is 3.96. The van der Waals surface area contributed by atoms with Crippen molar-refractivity contribution in [1.82, 2.24) is 10.2 Å². The van der Waals surface area contributed by atoms with Crippen LogP contribution in [0.3, 0.4) is 0 Å². The van der Waals surface area contributed by atoms with E-state index in [9.17, 15) is 14.9 Å². The molecule has 0 radical (unpaired) electrons. The van der Waals surface area contributed by atoms with Gasteiger partial charge < -0.3 is 15.0 Å². The average molecular weight is 367 g/mol. The number of benzene rings is 1. The van der Waals surface area contributed by atoms with E-state index < -0.39 is 23.8 Å². The first-order valence-electron chi connectivity index (χ1n) is 9.03. The Hall–Kier alpha value is -2.99. The van der Waals surface area contributed by atoms with Crippen molar-refractivity contribution in [3.05, 3.63) is 35.9 Å². The molecule has 6 nitrogen and oxygen atoms in total. The number of nitrogens with one attached hydrogen (secondary N) is 1. The van der Waals surface area contributed by atoms with Gasteiger partial charge in [0.1, 0.15) is 17.7 Å². The molecular weight excluding hydrogens is 342 g/mol. The Balaban J connectivity index is 2.11. The third kappa shape index (κ3) is 6.67. The summed E-state index contributed by atoms with van der Waals surface area (Å²) in [4.78, 5) is 26.3. The van der Waals surface area contributed by atoms with E-state index in [2.05, 4.69) is 23.2 Å². The number of nitriles is 1. The zero-order chi connectivity index (χ0) is 19.9. The third-order valence-corrected chi connectivity index (χ3v) is 3.96. The van der Waals surface area contributed by atoms with E-state index in [1.807, 2.05) is 30.3 Å². The number of hydrogen-bond acceptors (Lipinski definition) is 4. The Morgan fingerprint density at radius 3 is 2.67 bits per heavy atom. The van der Waals surface area contributed by atoms with E-state index in [0.717, 1.165) is 12.0 Å². The van der Waals surface area contributed by atoms with E-state index in [1.54, 1.807) is 25.7 Å². The second-order valence-corrected chi connectivity index (χ2v) is 7.41. The lowest BCUT2D eigenvalue weighted by atomic mass is 10.1. The van der Waals surface area contributed by atoms with Gasteiger partial charge in [0, 0.05) is 12.1 Å². The van der Waals surface area contributed by atoms with Crippen LogP contribution in [0, 0.1) is 23.2 Å². The summed E-state index contributed by atoms with van der Waals surface area (Å²) in [5, 5.41) is 11.8. The number of amides is 2. The molecule has 1 aromatic rings. The molecule has 1 aromatic carbocycles. The zero-order valence-corrected chi connectivity index (χ0v) is 16.0. The summed E-state index contributed by atoms with van der Waals surface area (Å²) in [5.41, 5.74) is 0.142. The summed E-state index contributed by atoms with van der Waals surface area (Å²) in [6.45, 7) is 5.86. The molecule has 2 rings (SSSR count). The molecule has 0 spiro atoms. The van der Waals surface area contributed by atoms with Gasteiger partial charge in [-0.15, -0.1) is 0 Å². The van der Waals surface area contributed by atoms with Gasteiger partial charge in [0.05, 0.1) is 12.5 Å². The molecule has 1 unspecified atom stereocenters. The van der Waals surface area contributed by atoms with Gasteiger partial charge in [-0.1, -0.05) is 30.0 Å². The van der Waals surface area contributed by atoms with Crippen LogP contribution >= 0.6 is 0 Å². The molecular formula is C21H25N3O3. The Morgan fingerprint density at radius 1 is 1.33 bits per heavy atom. The van der Waals surface area contributed by atoms with Crippen molar-refractivity contribution in [2.75, 3.05) is 6.54 Å². The van der Waals surface area contributed by atoms with Gasteiger partial charge >= 0.3 is 6.09 Å². The summed E-state index contributed by atoms with van der Waals surface area (Å²) in [5.74, 6) is 5.73. The van der Waals surface area contributed by atoms with E-state index in [-0.39, 0.29) is 12.3 Å². The van der Waals surface area contributed by atoms with Crippen molar-refractivity contribution in [1.29, 1.82) is 5.26 Å². The van der Waals surface area contributed by atoms with Crippen LogP contribution in [0.5, 0.6) is 0 Å². The minimum Gasteiger partial charge on any atom is -0.444 e. The van der Waals surface area contributed by atoms with E-state index in [4.69, 9.17) is 4.74 Å². The molecule has 1 fully saturated rings. The highest BCUT2D eigenvalue weighted by molar-refractivity contribution is 5.79. The highest BCUT2D eigenvalue weighted by atomic mass is 16.6. The smallest absolute Gasteiger partial charge is 0.408 e. The fourth-order valence-electron chi connectivity index (χ4n) is 2.77. The molecule has 1 saturated heterocycles. The van der Waals surface area contributed by atoms with Gasteiger partial charge in [-0.3, -0.25) is 4.79 Å². The number of carbonyl (C=O) groups is 2. The topological polar surface area (TPSA) is 82.4 Å². The second kappa shape index (κ2) is 9.09. The standard InChI is InChI=1S/C21H25N3O3/c1-21(2,3)27-20(26)23-17(12-11-16-8-5-4-6-9-16)14-19(25)24-13-7-10-18(24)15-22/h4-6,8-9,17-18H,7,10,13-14H2,1-3H3,(H,23,26)/t17?,18-/m0/s1. The summed E-state index contributed by atoms with van der Waals surface area (Å²) < 4.78 is 5.27. The summed E-state index contributed by atoms with van der Waals surface area (Å²) in [6, 6.07) is 10.4. The summed E-state index contributed by atoms with van der Waals surface area (Å²) in [6.07, 6.45) is 0.865. The fraction of sp³-hybridized carbons (Fsp3) is 0.476. The van der Waals surface area contributed by atoms with Gasteiger partial charge in [-0.05, 0) is 45.7 Å².